The van der Waals surface area contributed by atoms with Gasteiger partial charge in [0, 0.05) is 19.8 Å². The number of nitrogens with zero attached hydrogens (tertiary/aromatic N) is 4. The summed E-state index contributed by atoms with van der Waals surface area (Å²) < 4.78 is 21.5. The van der Waals surface area contributed by atoms with Crippen LogP contribution in [0.25, 0.3) is 0 Å². The Hall–Kier alpha value is -2.41. The van der Waals surface area contributed by atoms with Crippen LogP contribution in [-0.2, 0) is 11.3 Å². The Morgan fingerprint density at radius 3 is 2.69 bits per heavy atom. The highest BCUT2D eigenvalue weighted by Crippen LogP contribution is 2.29. The summed E-state index contributed by atoms with van der Waals surface area (Å²) in [6.45, 7) is 4.12. The quantitative estimate of drug-likeness (QED) is 0.630. The lowest BCUT2D eigenvalue weighted by molar-refractivity contribution is -0.0605. The zero-order valence-electron chi connectivity index (χ0n) is 17.2. The van der Waals surface area contributed by atoms with Crippen LogP contribution in [0.15, 0.2) is 41.5 Å². The van der Waals surface area contributed by atoms with Crippen molar-refractivity contribution < 1.29 is 9.13 Å². The number of halogens is 1. The van der Waals surface area contributed by atoms with Gasteiger partial charge in [0.1, 0.15) is 11.9 Å². The van der Waals surface area contributed by atoms with Crippen molar-refractivity contribution in [3.63, 3.8) is 0 Å². The van der Waals surface area contributed by atoms with Gasteiger partial charge in [0.2, 0.25) is 0 Å². The number of aromatic nitrogens is 2. The average molecular weight is 400 g/mol. The summed E-state index contributed by atoms with van der Waals surface area (Å²) in [6.07, 6.45) is 7.10. The van der Waals surface area contributed by atoms with E-state index in [-0.39, 0.29) is 18.0 Å². The van der Waals surface area contributed by atoms with E-state index < -0.39 is 0 Å². The van der Waals surface area contributed by atoms with Crippen molar-refractivity contribution in [2.45, 2.75) is 57.4 Å². The van der Waals surface area contributed by atoms with Crippen LogP contribution >= 0.6 is 0 Å². The molecule has 29 heavy (non-hydrogen) atoms. The molecule has 0 radical (unpaired) electrons. The molecule has 2 heterocycles. The zero-order valence-corrected chi connectivity index (χ0v) is 17.2. The smallest absolute Gasteiger partial charge is 0.194 e. The summed E-state index contributed by atoms with van der Waals surface area (Å²) in [5, 5.41) is 8.20. The maximum Gasteiger partial charge on any atom is 0.194 e. The normalized spacial score (nSPS) is 23.6. The monoisotopic (exact) mass is 399 g/mol. The third kappa shape index (κ3) is 4.78. The van der Waals surface area contributed by atoms with E-state index in [0.717, 1.165) is 23.8 Å². The van der Waals surface area contributed by atoms with Crippen LogP contribution < -0.4 is 5.32 Å². The Balaban J connectivity index is 1.38. The minimum atomic E-state index is -0.232. The summed E-state index contributed by atoms with van der Waals surface area (Å²) >= 11 is 0. The summed E-state index contributed by atoms with van der Waals surface area (Å²) in [4.78, 5) is 6.67. The molecule has 1 aromatic heterocycles. The number of guanidine groups is 1. The topological polar surface area (TPSA) is 54.7 Å². The molecule has 2 unspecified atom stereocenters. The summed E-state index contributed by atoms with van der Waals surface area (Å²) in [5.41, 5.74) is 2.00. The third-order valence-corrected chi connectivity index (χ3v) is 5.80. The van der Waals surface area contributed by atoms with Gasteiger partial charge in [-0.1, -0.05) is 25.0 Å². The van der Waals surface area contributed by atoms with E-state index in [1.807, 2.05) is 0 Å². The van der Waals surface area contributed by atoms with Crippen molar-refractivity contribution in [3.05, 3.63) is 53.6 Å². The fourth-order valence-corrected chi connectivity index (χ4v) is 4.33. The van der Waals surface area contributed by atoms with Crippen LogP contribution in [0.1, 0.15) is 56.0 Å². The summed E-state index contributed by atoms with van der Waals surface area (Å²) in [7, 11) is 1.80. The van der Waals surface area contributed by atoms with Crippen molar-refractivity contribution in [1.82, 2.24) is 20.0 Å². The van der Waals surface area contributed by atoms with E-state index in [9.17, 15) is 4.39 Å². The maximum absolute atomic E-state index is 13.3. The minimum Gasteiger partial charge on any atom is -0.367 e. The van der Waals surface area contributed by atoms with E-state index in [1.165, 1.54) is 37.8 Å². The summed E-state index contributed by atoms with van der Waals surface area (Å²) in [6, 6.07) is 9.19. The van der Waals surface area contributed by atoms with Gasteiger partial charge in [-0.2, -0.15) is 5.10 Å². The van der Waals surface area contributed by atoms with Crippen LogP contribution in [0, 0.1) is 5.82 Å². The molecule has 1 aliphatic carbocycles. The van der Waals surface area contributed by atoms with E-state index >= 15 is 0 Å². The van der Waals surface area contributed by atoms with Crippen LogP contribution in [-0.4, -0.2) is 46.9 Å². The number of benzene rings is 1. The second-order valence-corrected chi connectivity index (χ2v) is 8.02. The first-order valence-electron chi connectivity index (χ1n) is 10.5. The van der Waals surface area contributed by atoms with Crippen molar-refractivity contribution in [2.24, 2.45) is 4.99 Å². The minimum absolute atomic E-state index is 0.0546. The van der Waals surface area contributed by atoms with E-state index in [1.54, 1.807) is 19.2 Å². The Labute approximate surface area is 171 Å². The van der Waals surface area contributed by atoms with Crippen molar-refractivity contribution >= 4 is 5.96 Å². The van der Waals surface area contributed by atoms with Gasteiger partial charge in [-0.15, -0.1) is 0 Å². The number of morpholine rings is 1. The Kier molecular flexibility index (Phi) is 6.13. The van der Waals surface area contributed by atoms with Crippen molar-refractivity contribution in [3.8, 4) is 0 Å². The van der Waals surface area contributed by atoms with Gasteiger partial charge in [0.15, 0.2) is 5.96 Å². The van der Waals surface area contributed by atoms with Crippen LogP contribution in [0.2, 0.25) is 0 Å². The maximum atomic E-state index is 13.3. The molecule has 2 aliphatic rings. The Morgan fingerprint density at radius 2 is 1.97 bits per heavy atom. The van der Waals surface area contributed by atoms with Crippen molar-refractivity contribution in [1.29, 1.82) is 0 Å². The molecular formula is C22H30FN5O. The zero-order chi connectivity index (χ0) is 20.2. The first-order valence-corrected chi connectivity index (χ1v) is 10.5. The van der Waals surface area contributed by atoms with E-state index in [4.69, 9.17) is 9.84 Å². The highest BCUT2D eigenvalue weighted by molar-refractivity contribution is 5.80. The predicted molar refractivity (Wildman–Crippen MR) is 111 cm³/mol. The molecule has 1 saturated carbocycles. The second-order valence-electron chi connectivity index (χ2n) is 8.02. The molecule has 4 rings (SSSR count). The number of hydrogen-bond donors (Lipinski definition) is 1. The van der Waals surface area contributed by atoms with Gasteiger partial charge in [-0.05, 0) is 43.5 Å². The van der Waals surface area contributed by atoms with E-state index in [0.29, 0.717) is 19.1 Å². The first kappa shape index (κ1) is 19.9. The number of aliphatic imine (C=N–C) groups is 1. The van der Waals surface area contributed by atoms with Crippen LogP contribution in [0.3, 0.4) is 0 Å². The predicted octanol–water partition coefficient (Wildman–Crippen LogP) is 3.67. The highest BCUT2D eigenvalue weighted by Gasteiger charge is 2.28. The van der Waals surface area contributed by atoms with Gasteiger partial charge in [-0.25, -0.2) is 4.39 Å². The second kappa shape index (κ2) is 8.95. The Morgan fingerprint density at radius 1 is 1.21 bits per heavy atom. The van der Waals surface area contributed by atoms with Gasteiger partial charge < -0.3 is 15.0 Å². The lowest BCUT2D eigenvalue weighted by atomic mass is 10.1. The van der Waals surface area contributed by atoms with Gasteiger partial charge >= 0.3 is 0 Å². The lowest BCUT2D eigenvalue weighted by Crippen LogP contribution is -2.50. The standard InChI is InChI=1S/C22H30FN5O/c1-16-14-27(15-21(29-16)17-7-9-18(23)10-8-17)22(24-2)25-13-19-11-12-28(26-19)20-5-3-4-6-20/h7-12,16,20-21H,3-6,13-15H2,1-2H3,(H,24,25). The lowest BCUT2D eigenvalue weighted by Gasteiger charge is -2.38. The molecule has 7 heteroatoms. The molecule has 1 saturated heterocycles. The fourth-order valence-electron chi connectivity index (χ4n) is 4.33. The molecule has 6 nitrogen and oxygen atoms in total. The molecule has 156 valence electrons. The summed E-state index contributed by atoms with van der Waals surface area (Å²) in [5.74, 6) is 0.603. The number of hydrogen-bond acceptors (Lipinski definition) is 3. The van der Waals surface area contributed by atoms with E-state index in [2.05, 4.69) is 39.1 Å². The molecular weight excluding hydrogens is 369 g/mol. The molecule has 2 atom stereocenters. The first-order chi connectivity index (χ1) is 14.1. The molecule has 1 aliphatic heterocycles. The highest BCUT2D eigenvalue weighted by atomic mass is 19.1. The molecule has 1 N–H and O–H groups in total. The average Bonchev–Trinajstić information content (AvgIpc) is 3.40. The van der Waals surface area contributed by atoms with Gasteiger partial charge in [0.25, 0.3) is 0 Å². The van der Waals surface area contributed by atoms with Crippen molar-refractivity contribution in [2.75, 3.05) is 20.1 Å². The Bertz CT molecular complexity index is 828. The molecule has 1 aromatic carbocycles. The third-order valence-electron chi connectivity index (χ3n) is 5.80. The fraction of sp³-hybridized carbons (Fsp3) is 0.545. The number of ether oxygens (including phenoxy) is 1. The molecule has 0 amide bonds. The SMILES string of the molecule is CN=C(NCc1ccn(C2CCCC2)n1)N1CC(C)OC(c2ccc(F)cc2)C1. The number of rotatable bonds is 4. The molecule has 2 aromatic rings. The largest absolute Gasteiger partial charge is 0.367 e. The molecule has 2 fully saturated rings. The molecule has 0 bridgehead atoms. The van der Waals surface area contributed by atoms with Crippen LogP contribution in [0.5, 0.6) is 0 Å². The van der Waals surface area contributed by atoms with Gasteiger partial charge in [0.05, 0.1) is 30.9 Å². The number of nitrogens with one attached hydrogen (secondary N) is 1. The molecule has 0 spiro atoms. The van der Waals surface area contributed by atoms with Crippen LogP contribution in [0.4, 0.5) is 4.39 Å². The van der Waals surface area contributed by atoms with Gasteiger partial charge in [-0.3, -0.25) is 9.67 Å².